The first kappa shape index (κ1) is 25.7. The third-order valence-electron chi connectivity index (χ3n) is 5.11. The molecule has 2 aromatic rings. The van der Waals surface area contributed by atoms with Crippen molar-refractivity contribution in [2.75, 3.05) is 56.6 Å². The summed E-state index contributed by atoms with van der Waals surface area (Å²) in [4.78, 5) is 25.7. The number of piperazine rings is 1. The van der Waals surface area contributed by atoms with Gasteiger partial charge in [0, 0.05) is 57.1 Å². The Morgan fingerprint density at radius 1 is 1.19 bits per heavy atom. The number of hydrogen-bond donors (Lipinski definition) is 2. The largest absolute Gasteiger partial charge is 0.497 e. The van der Waals surface area contributed by atoms with Crippen LogP contribution in [0.1, 0.15) is 18.9 Å². The second-order valence-electron chi connectivity index (χ2n) is 7.43. The number of pyridine rings is 1. The van der Waals surface area contributed by atoms with Gasteiger partial charge >= 0.3 is 0 Å². The van der Waals surface area contributed by atoms with Gasteiger partial charge in [0.25, 0.3) is 0 Å². The van der Waals surface area contributed by atoms with Gasteiger partial charge in [-0.3, -0.25) is 9.79 Å². The molecule has 0 radical (unpaired) electrons. The van der Waals surface area contributed by atoms with E-state index in [1.54, 1.807) is 13.3 Å². The van der Waals surface area contributed by atoms with Gasteiger partial charge in [0.1, 0.15) is 11.6 Å². The number of benzene rings is 1. The van der Waals surface area contributed by atoms with E-state index in [1.165, 1.54) is 5.69 Å². The van der Waals surface area contributed by atoms with Crippen molar-refractivity contribution in [1.29, 1.82) is 0 Å². The average molecular weight is 552 g/mol. The molecule has 1 aliphatic heterocycles. The highest BCUT2D eigenvalue weighted by molar-refractivity contribution is 14.0. The number of carbonyl (C=O) groups excluding carboxylic acids is 1. The number of hydrogen-bond acceptors (Lipinski definition) is 5. The lowest BCUT2D eigenvalue weighted by atomic mass is 10.2. The van der Waals surface area contributed by atoms with Crippen LogP contribution in [-0.2, 0) is 4.79 Å². The summed E-state index contributed by atoms with van der Waals surface area (Å²) in [5, 5.41) is 6.17. The minimum Gasteiger partial charge on any atom is -0.497 e. The molecule has 32 heavy (non-hydrogen) atoms. The lowest BCUT2D eigenvalue weighted by molar-refractivity contribution is -0.116. The van der Waals surface area contributed by atoms with Gasteiger partial charge < -0.3 is 25.2 Å². The molecule has 1 aromatic heterocycles. The highest BCUT2D eigenvalue weighted by atomic mass is 127. The number of nitrogens with one attached hydrogen (secondary N) is 2. The van der Waals surface area contributed by atoms with Crippen LogP contribution in [0.5, 0.6) is 5.75 Å². The zero-order valence-corrected chi connectivity index (χ0v) is 21.3. The third kappa shape index (κ3) is 7.54. The van der Waals surface area contributed by atoms with E-state index in [0.717, 1.165) is 50.0 Å². The number of anilines is 2. The molecule has 1 aromatic carbocycles. The van der Waals surface area contributed by atoms with Crippen molar-refractivity contribution in [3.63, 3.8) is 0 Å². The molecule has 0 bridgehead atoms. The predicted molar refractivity (Wildman–Crippen MR) is 140 cm³/mol. The second kappa shape index (κ2) is 13.1. The molecule has 0 spiro atoms. The van der Waals surface area contributed by atoms with Crippen molar-refractivity contribution in [3.8, 4) is 5.75 Å². The molecule has 1 saturated heterocycles. The van der Waals surface area contributed by atoms with Crippen LogP contribution in [0.4, 0.5) is 11.5 Å². The summed E-state index contributed by atoms with van der Waals surface area (Å²) in [7, 11) is 1.69. The fourth-order valence-corrected chi connectivity index (χ4v) is 3.42. The number of halogens is 1. The number of rotatable bonds is 7. The van der Waals surface area contributed by atoms with Gasteiger partial charge in [-0.1, -0.05) is 12.1 Å². The molecule has 0 unspecified atom stereocenters. The molecule has 1 fully saturated rings. The molecular weight excluding hydrogens is 519 g/mol. The zero-order chi connectivity index (χ0) is 22.1. The van der Waals surface area contributed by atoms with Crippen LogP contribution in [-0.4, -0.2) is 68.1 Å². The summed E-state index contributed by atoms with van der Waals surface area (Å²) in [5.41, 5.74) is 2.23. The molecule has 174 valence electrons. The van der Waals surface area contributed by atoms with E-state index in [1.807, 2.05) is 31.2 Å². The smallest absolute Gasteiger partial charge is 0.227 e. The van der Waals surface area contributed by atoms with E-state index in [9.17, 15) is 4.79 Å². The summed E-state index contributed by atoms with van der Waals surface area (Å²) in [6.45, 7) is 8.76. The van der Waals surface area contributed by atoms with Gasteiger partial charge in [-0.25, -0.2) is 4.98 Å². The number of guanidine groups is 1. The average Bonchev–Trinajstić information content (AvgIpc) is 2.80. The first-order valence-corrected chi connectivity index (χ1v) is 10.7. The molecular formula is C23H33IN6O2. The van der Waals surface area contributed by atoms with Crippen molar-refractivity contribution in [3.05, 3.63) is 48.2 Å². The Morgan fingerprint density at radius 2 is 1.97 bits per heavy atom. The normalized spacial score (nSPS) is 13.9. The number of carbonyl (C=O) groups is 1. The number of aryl methyl sites for hydroxylation is 1. The Morgan fingerprint density at radius 3 is 2.62 bits per heavy atom. The van der Waals surface area contributed by atoms with E-state index in [-0.39, 0.29) is 29.9 Å². The maximum Gasteiger partial charge on any atom is 0.227 e. The molecule has 1 aliphatic rings. The minimum absolute atomic E-state index is 0. The lowest BCUT2D eigenvalue weighted by Gasteiger charge is -2.37. The molecule has 8 nitrogen and oxygen atoms in total. The molecule has 1 amide bonds. The molecule has 0 atom stereocenters. The van der Waals surface area contributed by atoms with E-state index >= 15 is 0 Å². The van der Waals surface area contributed by atoms with Crippen LogP contribution in [0.2, 0.25) is 0 Å². The van der Waals surface area contributed by atoms with Crippen LogP contribution in [0.15, 0.2) is 47.6 Å². The van der Waals surface area contributed by atoms with Gasteiger partial charge in [-0.15, -0.1) is 24.0 Å². The summed E-state index contributed by atoms with van der Waals surface area (Å²) < 4.78 is 5.34. The number of aliphatic imine (C=N–C) groups is 1. The number of amides is 1. The van der Waals surface area contributed by atoms with Crippen LogP contribution < -0.4 is 20.3 Å². The number of aromatic nitrogens is 1. The zero-order valence-electron chi connectivity index (χ0n) is 19.0. The van der Waals surface area contributed by atoms with Gasteiger partial charge in [0.2, 0.25) is 5.91 Å². The van der Waals surface area contributed by atoms with Crippen molar-refractivity contribution in [1.82, 2.24) is 15.2 Å². The maximum atomic E-state index is 12.2. The standard InChI is InChI=1S/C23H32N6O2.HI/c1-4-24-23(25-11-10-22(30)27-21-9-8-18(2)17-26-21)29-14-12-28(13-15-29)19-6-5-7-20(16-19)31-3;/h5-9,16-17H,4,10-15H2,1-3H3,(H,24,25)(H,26,27,30);1H. The third-order valence-corrected chi connectivity index (χ3v) is 5.11. The summed E-state index contributed by atoms with van der Waals surface area (Å²) in [6.07, 6.45) is 2.05. The van der Waals surface area contributed by atoms with E-state index in [0.29, 0.717) is 18.8 Å². The topological polar surface area (TPSA) is 82.1 Å². The predicted octanol–water partition coefficient (Wildman–Crippen LogP) is 3.13. The maximum absolute atomic E-state index is 12.2. The Kier molecular flexibility index (Phi) is 10.5. The van der Waals surface area contributed by atoms with Crippen LogP contribution in [0.3, 0.4) is 0 Å². The first-order chi connectivity index (χ1) is 15.1. The lowest BCUT2D eigenvalue weighted by Crippen LogP contribution is -2.52. The molecule has 2 heterocycles. The Balaban J connectivity index is 0.00000363. The molecule has 2 N–H and O–H groups in total. The quantitative estimate of drug-likeness (QED) is 0.312. The summed E-state index contributed by atoms with van der Waals surface area (Å²) in [5.74, 6) is 2.21. The van der Waals surface area contributed by atoms with Crippen molar-refractivity contribution >= 4 is 47.3 Å². The van der Waals surface area contributed by atoms with Gasteiger partial charge in [-0.05, 0) is 37.6 Å². The fourth-order valence-electron chi connectivity index (χ4n) is 3.42. The van der Waals surface area contributed by atoms with Crippen molar-refractivity contribution in [2.45, 2.75) is 20.3 Å². The highest BCUT2D eigenvalue weighted by Crippen LogP contribution is 2.22. The highest BCUT2D eigenvalue weighted by Gasteiger charge is 2.20. The number of ether oxygens (including phenoxy) is 1. The second-order valence-corrected chi connectivity index (χ2v) is 7.43. The van der Waals surface area contributed by atoms with Gasteiger partial charge in [0.15, 0.2) is 5.96 Å². The summed E-state index contributed by atoms with van der Waals surface area (Å²) >= 11 is 0. The Bertz CT molecular complexity index is 882. The van der Waals surface area contributed by atoms with E-state index < -0.39 is 0 Å². The Hall–Kier alpha value is -2.56. The van der Waals surface area contributed by atoms with Gasteiger partial charge in [-0.2, -0.15) is 0 Å². The van der Waals surface area contributed by atoms with Crippen LogP contribution in [0.25, 0.3) is 0 Å². The molecule has 0 aliphatic carbocycles. The number of methoxy groups -OCH3 is 1. The van der Waals surface area contributed by atoms with Crippen molar-refractivity contribution < 1.29 is 9.53 Å². The monoisotopic (exact) mass is 552 g/mol. The minimum atomic E-state index is -0.0844. The van der Waals surface area contributed by atoms with Crippen LogP contribution in [0, 0.1) is 6.92 Å². The van der Waals surface area contributed by atoms with Crippen molar-refractivity contribution in [2.24, 2.45) is 4.99 Å². The van der Waals surface area contributed by atoms with E-state index in [2.05, 4.69) is 49.5 Å². The molecule has 0 saturated carbocycles. The van der Waals surface area contributed by atoms with Crippen LogP contribution >= 0.6 is 24.0 Å². The molecule has 9 heteroatoms. The fraction of sp³-hybridized carbons (Fsp3) is 0.435. The summed E-state index contributed by atoms with van der Waals surface area (Å²) in [6, 6.07) is 11.9. The Labute approximate surface area is 207 Å². The first-order valence-electron chi connectivity index (χ1n) is 10.7. The van der Waals surface area contributed by atoms with E-state index in [4.69, 9.17) is 4.74 Å². The number of nitrogens with zero attached hydrogens (tertiary/aromatic N) is 4. The van der Waals surface area contributed by atoms with Gasteiger partial charge in [0.05, 0.1) is 13.7 Å². The SMILES string of the molecule is CCNC(=NCCC(=O)Nc1ccc(C)cn1)N1CCN(c2cccc(OC)c2)CC1.I. The molecule has 3 rings (SSSR count).